The van der Waals surface area contributed by atoms with Gasteiger partial charge in [0.25, 0.3) is 0 Å². The van der Waals surface area contributed by atoms with Crippen LogP contribution >= 0.6 is 0 Å². The fraction of sp³-hybridized carbons (Fsp3) is 0.333. The molecule has 0 aliphatic carbocycles. The van der Waals surface area contributed by atoms with Crippen LogP contribution in [0.15, 0.2) is 59.5 Å². The average Bonchev–Trinajstić information content (AvgIpc) is 2.73. The molecule has 1 atom stereocenters. The molecule has 1 fully saturated rings. The maximum Gasteiger partial charge on any atom is 0.335 e. The zero-order valence-electron chi connectivity index (χ0n) is 16.0. The van der Waals surface area contributed by atoms with Crippen molar-refractivity contribution in [2.24, 2.45) is 0 Å². The zero-order chi connectivity index (χ0) is 20.9. The Balaban J connectivity index is 1.54. The predicted octanol–water partition coefficient (Wildman–Crippen LogP) is 2.29. The summed E-state index contributed by atoms with van der Waals surface area (Å²) in [5, 5.41) is 8.93. The monoisotopic (exact) mass is 416 g/mol. The highest BCUT2D eigenvalue weighted by Crippen LogP contribution is 2.16. The summed E-state index contributed by atoms with van der Waals surface area (Å²) >= 11 is 0. The first-order valence-electron chi connectivity index (χ1n) is 9.52. The molecule has 1 amide bonds. The molecule has 7 nitrogen and oxygen atoms in total. The lowest BCUT2D eigenvalue weighted by atomic mass is 10.0. The number of carboxylic acids is 1. The van der Waals surface area contributed by atoms with Gasteiger partial charge >= 0.3 is 5.97 Å². The normalized spacial score (nSPS) is 17.1. The third kappa shape index (κ3) is 5.65. The van der Waals surface area contributed by atoms with Gasteiger partial charge in [-0.15, -0.1) is 0 Å². The number of aromatic carboxylic acids is 1. The number of amides is 1. The number of carboxylic acid groups (broad SMARTS) is 1. The van der Waals surface area contributed by atoms with Gasteiger partial charge in [0.1, 0.15) is 0 Å². The summed E-state index contributed by atoms with van der Waals surface area (Å²) in [6.45, 7) is 0.962. The number of hydrogen-bond acceptors (Lipinski definition) is 4. The van der Waals surface area contributed by atoms with E-state index in [1.807, 2.05) is 0 Å². The number of aryl methyl sites for hydroxylation is 1. The van der Waals surface area contributed by atoms with E-state index in [2.05, 4.69) is 4.72 Å². The Morgan fingerprint density at radius 3 is 2.41 bits per heavy atom. The van der Waals surface area contributed by atoms with E-state index < -0.39 is 16.0 Å². The van der Waals surface area contributed by atoms with Crippen LogP contribution in [0.25, 0.3) is 0 Å². The van der Waals surface area contributed by atoms with Crippen LogP contribution in [0.4, 0.5) is 0 Å². The molecule has 1 aliphatic heterocycles. The van der Waals surface area contributed by atoms with Gasteiger partial charge < -0.3 is 10.0 Å². The maximum atomic E-state index is 12.6. The Morgan fingerprint density at radius 2 is 1.76 bits per heavy atom. The Morgan fingerprint density at radius 1 is 1.07 bits per heavy atom. The molecule has 0 bridgehead atoms. The Hall–Kier alpha value is -2.71. The van der Waals surface area contributed by atoms with Crippen molar-refractivity contribution in [3.8, 4) is 0 Å². The van der Waals surface area contributed by atoms with Gasteiger partial charge in [-0.25, -0.2) is 17.9 Å². The molecule has 1 heterocycles. The minimum Gasteiger partial charge on any atom is -0.478 e. The molecule has 1 saturated heterocycles. The van der Waals surface area contributed by atoms with Gasteiger partial charge in [-0.05, 0) is 49.1 Å². The van der Waals surface area contributed by atoms with Crippen molar-refractivity contribution in [1.29, 1.82) is 0 Å². The first kappa shape index (κ1) is 21.0. The number of nitrogens with zero attached hydrogens (tertiary/aromatic N) is 1. The van der Waals surface area contributed by atoms with Crippen molar-refractivity contribution >= 4 is 21.9 Å². The number of nitrogens with one attached hydrogen (secondary N) is 1. The molecule has 29 heavy (non-hydrogen) atoms. The van der Waals surface area contributed by atoms with Crippen LogP contribution in [0, 0.1) is 0 Å². The number of likely N-dealkylation sites (tertiary alicyclic amines) is 1. The highest BCUT2D eigenvalue weighted by atomic mass is 32.2. The van der Waals surface area contributed by atoms with Crippen molar-refractivity contribution in [2.75, 3.05) is 13.1 Å². The largest absolute Gasteiger partial charge is 0.478 e. The van der Waals surface area contributed by atoms with Crippen LogP contribution in [-0.2, 0) is 21.2 Å². The summed E-state index contributed by atoms with van der Waals surface area (Å²) in [5.74, 6) is -1.01. The quantitative estimate of drug-likeness (QED) is 0.721. The van der Waals surface area contributed by atoms with Gasteiger partial charge in [-0.2, -0.15) is 0 Å². The van der Waals surface area contributed by atoms with Gasteiger partial charge in [-0.3, -0.25) is 4.79 Å². The van der Waals surface area contributed by atoms with Crippen LogP contribution in [0.2, 0.25) is 0 Å². The van der Waals surface area contributed by atoms with Crippen LogP contribution in [-0.4, -0.2) is 49.4 Å². The fourth-order valence-electron chi connectivity index (χ4n) is 3.41. The van der Waals surface area contributed by atoms with Crippen molar-refractivity contribution in [3.63, 3.8) is 0 Å². The number of hydrogen-bond donors (Lipinski definition) is 2. The number of carbonyl (C=O) groups excluding carboxylic acids is 1. The van der Waals surface area contributed by atoms with Gasteiger partial charge in [-0.1, -0.05) is 30.3 Å². The van der Waals surface area contributed by atoms with E-state index in [1.165, 1.54) is 12.1 Å². The molecule has 2 N–H and O–H groups in total. The second-order valence-corrected chi connectivity index (χ2v) is 8.83. The van der Waals surface area contributed by atoms with E-state index in [4.69, 9.17) is 5.11 Å². The van der Waals surface area contributed by atoms with Crippen LogP contribution in [0.5, 0.6) is 0 Å². The van der Waals surface area contributed by atoms with Crippen LogP contribution < -0.4 is 4.72 Å². The van der Waals surface area contributed by atoms with Gasteiger partial charge in [0.2, 0.25) is 15.9 Å². The van der Waals surface area contributed by atoms with E-state index in [-0.39, 0.29) is 22.4 Å². The average molecular weight is 416 g/mol. The number of sulfonamides is 1. The van der Waals surface area contributed by atoms with Crippen LogP contribution in [0.3, 0.4) is 0 Å². The second kappa shape index (κ2) is 9.19. The first-order chi connectivity index (χ1) is 13.8. The minimum absolute atomic E-state index is 0.0316. The van der Waals surface area contributed by atoms with E-state index in [9.17, 15) is 18.0 Å². The zero-order valence-corrected chi connectivity index (χ0v) is 16.8. The summed E-state index contributed by atoms with van der Waals surface area (Å²) in [5.41, 5.74) is 1.10. The molecule has 0 radical (unpaired) electrons. The van der Waals surface area contributed by atoms with Gasteiger partial charge in [0.05, 0.1) is 10.5 Å². The number of carbonyl (C=O) groups is 2. The van der Waals surface area contributed by atoms with E-state index in [0.29, 0.717) is 32.4 Å². The molecule has 8 heteroatoms. The van der Waals surface area contributed by atoms with Gasteiger partial charge in [0, 0.05) is 25.6 Å². The molecule has 0 unspecified atom stereocenters. The van der Waals surface area contributed by atoms with Crippen molar-refractivity contribution in [2.45, 2.75) is 36.6 Å². The molecular formula is C21H24N2O5S. The Kier molecular flexibility index (Phi) is 6.66. The molecule has 2 aromatic carbocycles. The van der Waals surface area contributed by atoms with Crippen molar-refractivity contribution in [3.05, 3.63) is 65.7 Å². The first-order valence-corrected chi connectivity index (χ1v) is 11.0. The molecular weight excluding hydrogens is 392 g/mol. The Bertz CT molecular complexity index is 958. The van der Waals surface area contributed by atoms with Crippen molar-refractivity contribution < 1.29 is 23.1 Å². The summed E-state index contributed by atoms with van der Waals surface area (Å²) in [6, 6.07) is 14.4. The van der Waals surface area contributed by atoms with E-state index in [0.717, 1.165) is 12.0 Å². The summed E-state index contributed by atoms with van der Waals surface area (Å²) in [6.07, 6.45) is 2.23. The summed E-state index contributed by atoms with van der Waals surface area (Å²) < 4.78 is 27.7. The smallest absolute Gasteiger partial charge is 0.335 e. The highest BCUT2D eigenvalue weighted by Gasteiger charge is 2.27. The number of rotatable bonds is 7. The third-order valence-corrected chi connectivity index (χ3v) is 6.51. The Labute approximate surface area is 170 Å². The van der Waals surface area contributed by atoms with Gasteiger partial charge in [0.15, 0.2) is 0 Å². The lowest BCUT2D eigenvalue weighted by Gasteiger charge is -2.33. The minimum atomic E-state index is -3.61. The molecule has 0 aromatic heterocycles. The number of benzene rings is 2. The van der Waals surface area contributed by atoms with Crippen LogP contribution in [0.1, 0.15) is 35.2 Å². The second-order valence-electron chi connectivity index (χ2n) is 7.12. The fourth-order valence-corrected chi connectivity index (χ4v) is 4.69. The van der Waals surface area contributed by atoms with E-state index in [1.54, 1.807) is 47.4 Å². The maximum absolute atomic E-state index is 12.6. The highest BCUT2D eigenvalue weighted by molar-refractivity contribution is 7.89. The molecule has 154 valence electrons. The predicted molar refractivity (Wildman–Crippen MR) is 108 cm³/mol. The van der Waals surface area contributed by atoms with Crippen molar-refractivity contribution in [1.82, 2.24) is 9.62 Å². The lowest BCUT2D eigenvalue weighted by molar-refractivity contribution is -0.132. The standard InChI is InChI=1S/C21H24N2O5S/c24-20(13-10-16-8-11-17(12-9-16)21(25)26)23-14-4-5-18(15-23)22-29(27,28)19-6-2-1-3-7-19/h1-3,6-9,11-12,18,22H,4-5,10,13-15H2,(H,25,26)/t18-/m0/s1. The summed E-state index contributed by atoms with van der Waals surface area (Å²) in [7, 11) is -3.61. The topological polar surface area (TPSA) is 104 Å². The number of piperidine rings is 1. The molecule has 0 spiro atoms. The lowest BCUT2D eigenvalue weighted by Crippen LogP contribution is -2.49. The molecule has 2 aromatic rings. The SMILES string of the molecule is O=C(O)c1ccc(CCC(=O)N2CCC[C@H](NS(=O)(=O)c3ccccc3)C2)cc1. The molecule has 3 rings (SSSR count). The molecule has 1 aliphatic rings. The summed E-state index contributed by atoms with van der Waals surface area (Å²) in [4.78, 5) is 25.4. The van der Waals surface area contributed by atoms with E-state index >= 15 is 0 Å². The third-order valence-electron chi connectivity index (χ3n) is 4.98. The molecule has 0 saturated carbocycles.